The molecule has 2 aromatic rings. The molecule has 0 radical (unpaired) electrons. The summed E-state index contributed by atoms with van der Waals surface area (Å²) in [5.74, 6) is 1.16. The molecule has 1 saturated heterocycles. The second-order valence-electron chi connectivity index (χ2n) is 5.24. The molecule has 0 amide bonds. The number of hydrogen-bond acceptors (Lipinski definition) is 4. The van der Waals surface area contributed by atoms with Gasteiger partial charge < -0.3 is 15.3 Å². The van der Waals surface area contributed by atoms with Crippen LogP contribution in [0, 0.1) is 0 Å². The van der Waals surface area contributed by atoms with Crippen LogP contribution in [0.2, 0.25) is 5.02 Å². The third-order valence-corrected chi connectivity index (χ3v) is 3.99. The third-order valence-electron chi connectivity index (χ3n) is 3.69. The maximum Gasteiger partial charge on any atom is 0.134 e. The first-order valence-electron chi connectivity index (χ1n) is 7.14. The van der Waals surface area contributed by atoms with E-state index >= 15 is 0 Å². The van der Waals surface area contributed by atoms with Crippen LogP contribution in [0.3, 0.4) is 0 Å². The molecule has 0 atom stereocenters. The van der Waals surface area contributed by atoms with Crippen molar-refractivity contribution in [2.75, 3.05) is 23.3 Å². The molecule has 1 aromatic heterocycles. The summed E-state index contributed by atoms with van der Waals surface area (Å²) in [7, 11) is 0. The van der Waals surface area contributed by atoms with Crippen LogP contribution >= 0.6 is 11.6 Å². The summed E-state index contributed by atoms with van der Waals surface area (Å²) in [6, 6.07) is 9.31. The molecule has 0 bridgehead atoms. The molecule has 4 nitrogen and oxygen atoms in total. The zero-order valence-corrected chi connectivity index (χ0v) is 12.5. The largest absolute Gasteiger partial charge is 0.506 e. The first kappa shape index (κ1) is 14.0. The highest BCUT2D eigenvalue weighted by atomic mass is 35.5. The van der Waals surface area contributed by atoms with Gasteiger partial charge in [-0.25, -0.2) is 4.98 Å². The fourth-order valence-electron chi connectivity index (χ4n) is 2.49. The van der Waals surface area contributed by atoms with Crippen molar-refractivity contribution in [3.05, 3.63) is 47.1 Å². The van der Waals surface area contributed by atoms with E-state index in [1.54, 1.807) is 12.1 Å². The Hall–Kier alpha value is -1.94. The third kappa shape index (κ3) is 3.39. The predicted molar refractivity (Wildman–Crippen MR) is 86.1 cm³/mol. The molecule has 1 fully saturated rings. The quantitative estimate of drug-likeness (QED) is 0.905. The minimum Gasteiger partial charge on any atom is -0.506 e. The van der Waals surface area contributed by atoms with Crippen molar-refractivity contribution in [3.8, 4) is 5.75 Å². The Labute approximate surface area is 129 Å². The number of nitrogens with zero attached hydrogens (tertiary/aromatic N) is 2. The number of pyridine rings is 1. The van der Waals surface area contributed by atoms with Gasteiger partial charge in [-0.15, -0.1) is 0 Å². The molecule has 0 saturated carbocycles. The van der Waals surface area contributed by atoms with E-state index in [9.17, 15) is 5.11 Å². The highest BCUT2D eigenvalue weighted by Gasteiger charge is 2.12. The van der Waals surface area contributed by atoms with Gasteiger partial charge in [0.05, 0.1) is 16.9 Å². The lowest BCUT2D eigenvalue weighted by atomic mass is 10.2. The molecule has 1 aliphatic rings. The smallest absolute Gasteiger partial charge is 0.134 e. The summed E-state index contributed by atoms with van der Waals surface area (Å²) in [4.78, 5) is 6.81. The number of benzene rings is 1. The Balaban J connectivity index is 1.61. The molecule has 110 valence electrons. The van der Waals surface area contributed by atoms with Gasteiger partial charge in [0.15, 0.2) is 0 Å². The molecule has 0 unspecified atom stereocenters. The van der Waals surface area contributed by atoms with Gasteiger partial charge in [-0.3, -0.25) is 0 Å². The molecule has 3 rings (SSSR count). The van der Waals surface area contributed by atoms with Crippen LogP contribution in [-0.2, 0) is 6.54 Å². The molecule has 1 aromatic carbocycles. The average Bonchev–Trinajstić information content (AvgIpc) is 3.03. The first-order chi connectivity index (χ1) is 10.2. The molecule has 5 heteroatoms. The minimum absolute atomic E-state index is 0.108. The summed E-state index contributed by atoms with van der Waals surface area (Å²) in [5, 5.41) is 13.1. The van der Waals surface area contributed by atoms with Crippen molar-refractivity contribution in [1.82, 2.24) is 4.98 Å². The number of rotatable bonds is 4. The van der Waals surface area contributed by atoms with Gasteiger partial charge in [-0.1, -0.05) is 17.7 Å². The molecule has 1 aliphatic heterocycles. The average molecular weight is 304 g/mol. The Morgan fingerprint density at radius 3 is 2.67 bits per heavy atom. The minimum atomic E-state index is 0.108. The van der Waals surface area contributed by atoms with Crippen molar-refractivity contribution >= 4 is 23.1 Å². The maximum absolute atomic E-state index is 9.40. The lowest BCUT2D eigenvalue weighted by molar-refractivity contribution is 0.475. The van der Waals surface area contributed by atoms with Gasteiger partial charge in [0.2, 0.25) is 0 Å². The SMILES string of the molecule is Oc1ccc(CNc2ccc(N3CCCC3)nc2)cc1Cl. The van der Waals surface area contributed by atoms with Gasteiger partial charge in [-0.2, -0.15) is 0 Å². The Morgan fingerprint density at radius 1 is 1.19 bits per heavy atom. The van der Waals surface area contributed by atoms with Crippen LogP contribution in [0.15, 0.2) is 36.5 Å². The van der Waals surface area contributed by atoms with Gasteiger partial charge >= 0.3 is 0 Å². The normalized spacial score (nSPS) is 14.4. The summed E-state index contributed by atoms with van der Waals surface area (Å²) in [6.07, 6.45) is 4.36. The summed E-state index contributed by atoms with van der Waals surface area (Å²) in [5.41, 5.74) is 1.99. The highest BCUT2D eigenvalue weighted by Crippen LogP contribution is 2.24. The van der Waals surface area contributed by atoms with Crippen molar-refractivity contribution in [1.29, 1.82) is 0 Å². The van der Waals surface area contributed by atoms with Crippen LogP contribution in [-0.4, -0.2) is 23.2 Å². The summed E-state index contributed by atoms with van der Waals surface area (Å²) < 4.78 is 0. The van der Waals surface area contributed by atoms with Gasteiger partial charge in [0.25, 0.3) is 0 Å². The molecule has 21 heavy (non-hydrogen) atoms. The van der Waals surface area contributed by atoms with E-state index in [1.165, 1.54) is 12.8 Å². The van der Waals surface area contributed by atoms with Crippen LogP contribution in [0.4, 0.5) is 11.5 Å². The van der Waals surface area contributed by atoms with Gasteiger partial charge in [0, 0.05) is 19.6 Å². The zero-order valence-electron chi connectivity index (χ0n) is 11.7. The monoisotopic (exact) mass is 303 g/mol. The summed E-state index contributed by atoms with van der Waals surface area (Å²) >= 11 is 5.89. The Bertz CT molecular complexity index is 609. The summed E-state index contributed by atoms with van der Waals surface area (Å²) in [6.45, 7) is 2.85. The number of aromatic hydroxyl groups is 1. The van der Waals surface area contributed by atoms with Crippen molar-refractivity contribution in [2.24, 2.45) is 0 Å². The fraction of sp³-hybridized carbons (Fsp3) is 0.312. The van der Waals surface area contributed by atoms with Crippen LogP contribution in [0.25, 0.3) is 0 Å². The van der Waals surface area contributed by atoms with Gasteiger partial charge in [0.1, 0.15) is 11.6 Å². The van der Waals surface area contributed by atoms with Crippen LogP contribution < -0.4 is 10.2 Å². The van der Waals surface area contributed by atoms with Crippen LogP contribution in [0.1, 0.15) is 18.4 Å². The lowest BCUT2D eigenvalue weighted by Gasteiger charge is -2.16. The van der Waals surface area contributed by atoms with E-state index < -0.39 is 0 Å². The molecule has 0 spiro atoms. The maximum atomic E-state index is 9.40. The molecular weight excluding hydrogens is 286 g/mol. The van der Waals surface area contributed by atoms with Crippen LogP contribution in [0.5, 0.6) is 5.75 Å². The second-order valence-corrected chi connectivity index (χ2v) is 5.65. The van der Waals surface area contributed by atoms with Gasteiger partial charge in [-0.05, 0) is 42.7 Å². The number of hydrogen-bond donors (Lipinski definition) is 2. The van der Waals surface area contributed by atoms with E-state index in [0.29, 0.717) is 11.6 Å². The number of halogens is 1. The zero-order chi connectivity index (χ0) is 14.7. The van der Waals surface area contributed by atoms with E-state index in [2.05, 4.69) is 21.3 Å². The molecule has 2 heterocycles. The van der Waals surface area contributed by atoms with Crippen molar-refractivity contribution < 1.29 is 5.11 Å². The van der Waals surface area contributed by atoms with E-state index in [0.717, 1.165) is 30.2 Å². The number of anilines is 2. The predicted octanol–water partition coefficient (Wildman–Crippen LogP) is 3.65. The standard InChI is InChI=1S/C16H18ClN3O/c17-14-9-12(3-5-15(14)21)10-18-13-4-6-16(19-11-13)20-7-1-2-8-20/h3-6,9,11,18,21H,1-2,7-8,10H2. The molecule has 0 aliphatic carbocycles. The first-order valence-corrected chi connectivity index (χ1v) is 7.52. The Morgan fingerprint density at radius 2 is 2.00 bits per heavy atom. The number of phenolic OH excluding ortho intramolecular Hbond substituents is 1. The van der Waals surface area contributed by atoms with Crippen molar-refractivity contribution in [3.63, 3.8) is 0 Å². The molecular formula is C16H18ClN3O. The van der Waals surface area contributed by atoms with E-state index in [-0.39, 0.29) is 5.75 Å². The number of nitrogens with one attached hydrogen (secondary N) is 1. The molecule has 2 N–H and O–H groups in total. The lowest BCUT2D eigenvalue weighted by Crippen LogP contribution is -2.18. The van der Waals surface area contributed by atoms with Crippen molar-refractivity contribution in [2.45, 2.75) is 19.4 Å². The second kappa shape index (κ2) is 6.22. The van der Waals surface area contributed by atoms with E-state index in [4.69, 9.17) is 11.6 Å². The van der Waals surface area contributed by atoms with E-state index in [1.807, 2.05) is 18.3 Å². The topological polar surface area (TPSA) is 48.4 Å². The Kier molecular flexibility index (Phi) is 4.15. The number of phenols is 1. The number of aromatic nitrogens is 1. The highest BCUT2D eigenvalue weighted by molar-refractivity contribution is 6.32. The fourth-order valence-corrected chi connectivity index (χ4v) is 2.69.